The van der Waals surface area contributed by atoms with Crippen LogP contribution < -0.4 is 9.47 Å². The normalized spacial score (nSPS) is 11.1. The van der Waals surface area contributed by atoms with Gasteiger partial charge in [-0.25, -0.2) is 4.79 Å². The summed E-state index contributed by atoms with van der Waals surface area (Å²) in [6.07, 6.45) is 0.753. The molecule has 136 valence electrons. The van der Waals surface area contributed by atoms with Crippen LogP contribution in [0.4, 0.5) is 4.79 Å². The number of ether oxygens (including phenoxy) is 3. The van der Waals surface area contributed by atoms with Gasteiger partial charge in [-0.1, -0.05) is 6.07 Å². The van der Waals surface area contributed by atoms with Crippen LogP contribution in [-0.4, -0.2) is 55.6 Å². The van der Waals surface area contributed by atoms with Crippen LogP contribution in [0.15, 0.2) is 18.2 Å². The highest BCUT2D eigenvalue weighted by molar-refractivity contribution is 5.68. The third-order valence-electron chi connectivity index (χ3n) is 3.63. The van der Waals surface area contributed by atoms with Gasteiger partial charge in [0.25, 0.3) is 0 Å². The molecule has 6 nitrogen and oxygen atoms in total. The van der Waals surface area contributed by atoms with Crippen LogP contribution in [0.25, 0.3) is 0 Å². The summed E-state index contributed by atoms with van der Waals surface area (Å²) in [7, 11) is 3.18. The molecule has 0 aliphatic carbocycles. The van der Waals surface area contributed by atoms with Crippen LogP contribution in [0.5, 0.6) is 11.5 Å². The van der Waals surface area contributed by atoms with Crippen LogP contribution in [0.1, 0.15) is 32.8 Å². The quantitative estimate of drug-likeness (QED) is 0.789. The van der Waals surface area contributed by atoms with Crippen molar-refractivity contribution in [2.24, 2.45) is 0 Å². The summed E-state index contributed by atoms with van der Waals surface area (Å²) in [5.74, 6) is 1.32. The second-order valence-corrected chi connectivity index (χ2v) is 6.45. The summed E-state index contributed by atoms with van der Waals surface area (Å²) in [6, 6.07) is 5.63. The Morgan fingerprint density at radius 1 is 1.17 bits per heavy atom. The fourth-order valence-electron chi connectivity index (χ4n) is 2.30. The molecular formula is C18H29NO5. The zero-order chi connectivity index (χ0) is 18.2. The van der Waals surface area contributed by atoms with Gasteiger partial charge in [0.15, 0.2) is 11.5 Å². The van der Waals surface area contributed by atoms with Gasteiger partial charge in [0.05, 0.1) is 20.8 Å². The van der Waals surface area contributed by atoms with E-state index in [1.165, 1.54) is 0 Å². The van der Waals surface area contributed by atoms with Crippen molar-refractivity contribution in [2.75, 3.05) is 34.0 Å². The molecule has 1 aromatic rings. The Hall–Kier alpha value is -1.95. The third kappa shape index (κ3) is 5.92. The predicted molar refractivity (Wildman–Crippen MR) is 92.8 cm³/mol. The van der Waals surface area contributed by atoms with E-state index in [0.29, 0.717) is 30.9 Å². The molecule has 6 heteroatoms. The van der Waals surface area contributed by atoms with Gasteiger partial charge >= 0.3 is 6.09 Å². The number of rotatable bonds is 8. The lowest BCUT2D eigenvalue weighted by Crippen LogP contribution is -2.46. The minimum atomic E-state index is -0.364. The van der Waals surface area contributed by atoms with Gasteiger partial charge < -0.3 is 24.2 Å². The van der Waals surface area contributed by atoms with Crippen LogP contribution in [0.3, 0.4) is 0 Å². The molecule has 0 aliphatic rings. The Balaban J connectivity index is 2.60. The number of nitrogens with zero attached hydrogens (tertiary/aromatic N) is 1. The smallest absolute Gasteiger partial charge is 0.410 e. The molecule has 0 radical (unpaired) electrons. The van der Waals surface area contributed by atoms with Gasteiger partial charge in [-0.15, -0.1) is 0 Å². The highest BCUT2D eigenvalue weighted by Gasteiger charge is 2.27. The van der Waals surface area contributed by atoms with Crippen LogP contribution in [-0.2, 0) is 11.2 Å². The van der Waals surface area contributed by atoms with E-state index < -0.39 is 0 Å². The number of carbonyl (C=O) groups excluding carboxylic acids is 1. The number of carbonyl (C=O) groups is 1. The van der Waals surface area contributed by atoms with Crippen molar-refractivity contribution in [3.8, 4) is 11.5 Å². The number of aliphatic hydroxyl groups excluding tert-OH is 1. The standard InChI is InChI=1S/C18H29NO5/c1-18(2,3)19(10-6-11-20)17(21)24-12-9-14-7-8-15(22-4)16(13-14)23-5/h7-8,13,20H,6,9-12H2,1-5H3. The molecule has 0 bridgehead atoms. The van der Waals surface area contributed by atoms with Crippen molar-refractivity contribution in [2.45, 2.75) is 39.2 Å². The number of methoxy groups -OCH3 is 2. The molecule has 1 aromatic carbocycles. The first-order chi connectivity index (χ1) is 11.3. The molecule has 0 fully saturated rings. The van der Waals surface area contributed by atoms with E-state index in [1.807, 2.05) is 39.0 Å². The Kier molecular flexibility index (Phi) is 7.85. The molecule has 1 amide bonds. The van der Waals surface area contributed by atoms with Gasteiger partial charge in [-0.3, -0.25) is 0 Å². The van der Waals surface area contributed by atoms with Crippen molar-refractivity contribution in [1.82, 2.24) is 4.90 Å². The second-order valence-electron chi connectivity index (χ2n) is 6.45. The summed E-state index contributed by atoms with van der Waals surface area (Å²) >= 11 is 0. The maximum atomic E-state index is 12.3. The lowest BCUT2D eigenvalue weighted by molar-refractivity contribution is 0.0651. The summed E-state index contributed by atoms with van der Waals surface area (Å²) in [6.45, 7) is 6.63. The average Bonchev–Trinajstić information content (AvgIpc) is 2.53. The van der Waals surface area contributed by atoms with E-state index in [-0.39, 0.29) is 24.8 Å². The van der Waals surface area contributed by atoms with Crippen molar-refractivity contribution in [3.63, 3.8) is 0 Å². The lowest BCUT2D eigenvalue weighted by atomic mass is 10.1. The predicted octanol–water partition coefficient (Wildman–Crippen LogP) is 2.87. The van der Waals surface area contributed by atoms with E-state index in [9.17, 15) is 4.79 Å². The number of hydrogen-bond donors (Lipinski definition) is 1. The van der Waals surface area contributed by atoms with Crippen LogP contribution >= 0.6 is 0 Å². The Bertz CT molecular complexity index is 525. The summed E-state index contributed by atoms with van der Waals surface area (Å²) in [5.41, 5.74) is 0.647. The SMILES string of the molecule is COc1ccc(CCOC(=O)N(CCCO)C(C)(C)C)cc1OC. The molecule has 0 heterocycles. The summed E-state index contributed by atoms with van der Waals surface area (Å²) in [5, 5.41) is 8.98. The van der Waals surface area contributed by atoms with Crippen molar-refractivity contribution >= 4 is 6.09 Å². The first-order valence-electron chi connectivity index (χ1n) is 8.09. The van der Waals surface area contributed by atoms with E-state index in [2.05, 4.69) is 0 Å². The van der Waals surface area contributed by atoms with Crippen LogP contribution in [0.2, 0.25) is 0 Å². The van der Waals surface area contributed by atoms with Gasteiger partial charge in [0.2, 0.25) is 0 Å². The lowest BCUT2D eigenvalue weighted by Gasteiger charge is -2.34. The maximum Gasteiger partial charge on any atom is 0.410 e. The molecule has 0 spiro atoms. The molecular weight excluding hydrogens is 310 g/mol. The maximum absolute atomic E-state index is 12.3. The summed E-state index contributed by atoms with van der Waals surface area (Å²) < 4.78 is 15.9. The van der Waals surface area contributed by atoms with Gasteiger partial charge in [0.1, 0.15) is 0 Å². The summed E-state index contributed by atoms with van der Waals surface area (Å²) in [4.78, 5) is 13.9. The molecule has 0 atom stereocenters. The largest absolute Gasteiger partial charge is 0.493 e. The molecule has 0 aliphatic heterocycles. The molecule has 0 aromatic heterocycles. The van der Waals surface area contributed by atoms with E-state index in [1.54, 1.807) is 19.1 Å². The first kappa shape index (κ1) is 20.1. The number of aliphatic hydroxyl groups is 1. The first-order valence-corrected chi connectivity index (χ1v) is 8.09. The number of hydrogen-bond acceptors (Lipinski definition) is 5. The van der Waals surface area contributed by atoms with Crippen LogP contribution in [0, 0.1) is 0 Å². The van der Waals surface area contributed by atoms with Gasteiger partial charge in [-0.05, 0) is 44.9 Å². The fourth-order valence-corrected chi connectivity index (χ4v) is 2.30. The van der Waals surface area contributed by atoms with E-state index in [4.69, 9.17) is 19.3 Å². The van der Waals surface area contributed by atoms with Gasteiger partial charge in [-0.2, -0.15) is 0 Å². The van der Waals surface area contributed by atoms with Crippen molar-refractivity contribution in [1.29, 1.82) is 0 Å². The zero-order valence-electron chi connectivity index (χ0n) is 15.3. The Morgan fingerprint density at radius 3 is 2.38 bits per heavy atom. The third-order valence-corrected chi connectivity index (χ3v) is 3.63. The number of amides is 1. The zero-order valence-corrected chi connectivity index (χ0v) is 15.3. The fraction of sp³-hybridized carbons (Fsp3) is 0.611. The highest BCUT2D eigenvalue weighted by atomic mass is 16.6. The minimum Gasteiger partial charge on any atom is -0.493 e. The highest BCUT2D eigenvalue weighted by Crippen LogP contribution is 2.27. The monoisotopic (exact) mass is 339 g/mol. The molecule has 0 unspecified atom stereocenters. The number of benzene rings is 1. The van der Waals surface area contributed by atoms with E-state index in [0.717, 1.165) is 5.56 Å². The molecule has 1 N–H and O–H groups in total. The minimum absolute atomic E-state index is 0.0471. The molecule has 24 heavy (non-hydrogen) atoms. The average molecular weight is 339 g/mol. The van der Waals surface area contributed by atoms with Crippen molar-refractivity contribution in [3.05, 3.63) is 23.8 Å². The van der Waals surface area contributed by atoms with Crippen molar-refractivity contribution < 1.29 is 24.1 Å². The Morgan fingerprint density at radius 2 is 1.83 bits per heavy atom. The Labute approximate surface area is 144 Å². The molecule has 1 rings (SSSR count). The van der Waals surface area contributed by atoms with E-state index >= 15 is 0 Å². The molecule has 0 saturated carbocycles. The molecule has 0 saturated heterocycles. The topological polar surface area (TPSA) is 68.2 Å². The second kappa shape index (κ2) is 9.37. The van der Waals surface area contributed by atoms with Gasteiger partial charge in [0, 0.05) is 25.1 Å².